The maximum absolute atomic E-state index is 12.4. The summed E-state index contributed by atoms with van der Waals surface area (Å²) in [6, 6.07) is 10.9. The quantitative estimate of drug-likeness (QED) is 0.532. The van der Waals surface area contributed by atoms with E-state index >= 15 is 0 Å². The molecular weight excluding hydrogens is 312 g/mol. The molecule has 6 heteroatoms. The van der Waals surface area contributed by atoms with Crippen LogP contribution in [-0.2, 0) is 4.74 Å². The summed E-state index contributed by atoms with van der Waals surface area (Å²) >= 11 is 1.33. The second kappa shape index (κ2) is 6.75. The summed E-state index contributed by atoms with van der Waals surface area (Å²) in [6.07, 6.45) is 1.73. The van der Waals surface area contributed by atoms with Crippen molar-refractivity contribution in [2.75, 3.05) is 6.61 Å². The minimum absolute atomic E-state index is 0.219. The van der Waals surface area contributed by atoms with Gasteiger partial charge in [-0.1, -0.05) is 43.7 Å². The first-order valence-electron chi connectivity index (χ1n) is 7.44. The minimum atomic E-state index is -0.497. The lowest BCUT2D eigenvalue weighted by atomic mass is 10.2. The van der Waals surface area contributed by atoms with E-state index in [1.165, 1.54) is 17.4 Å². The smallest absolute Gasteiger partial charge is 0.355 e. The highest BCUT2D eigenvalue weighted by Crippen LogP contribution is 2.26. The predicted molar refractivity (Wildman–Crippen MR) is 90.0 cm³/mol. The normalized spacial score (nSPS) is 10.8. The lowest BCUT2D eigenvalue weighted by molar-refractivity contribution is 0.0491. The Labute approximate surface area is 137 Å². The summed E-state index contributed by atoms with van der Waals surface area (Å²) in [5.74, 6) is -0.497. The Bertz CT molecular complexity index is 884. The molecule has 2 aromatic heterocycles. The number of ether oxygens (including phenoxy) is 1. The first kappa shape index (κ1) is 15.4. The number of aromatic nitrogens is 2. The molecule has 0 saturated heterocycles. The Kier molecular flexibility index (Phi) is 4.52. The van der Waals surface area contributed by atoms with Crippen LogP contribution >= 0.6 is 11.3 Å². The van der Waals surface area contributed by atoms with Crippen molar-refractivity contribution in [2.45, 2.75) is 19.8 Å². The van der Waals surface area contributed by atoms with Crippen LogP contribution in [0.5, 0.6) is 0 Å². The molecule has 0 atom stereocenters. The molecular formula is C17H16N2O3S. The number of carbonyl (C=O) groups is 1. The van der Waals surface area contributed by atoms with Gasteiger partial charge >= 0.3 is 5.97 Å². The van der Waals surface area contributed by atoms with Crippen molar-refractivity contribution in [2.24, 2.45) is 0 Å². The standard InChI is InChI=1S/C17H16N2O3S/c1-2-3-9-22-16(21)13-10-15(20)18-17-19(13)14(11-23-17)12-7-5-4-6-8-12/h4-8,10-11H,2-3,9H2,1H3. The van der Waals surface area contributed by atoms with Crippen LogP contribution in [-0.4, -0.2) is 22.0 Å². The van der Waals surface area contributed by atoms with E-state index in [0.717, 1.165) is 24.1 Å². The molecule has 0 unspecified atom stereocenters. The molecule has 1 aromatic carbocycles. The summed E-state index contributed by atoms with van der Waals surface area (Å²) in [7, 11) is 0. The average Bonchev–Trinajstić information content (AvgIpc) is 2.98. The number of unbranched alkanes of at least 4 members (excludes halogenated alkanes) is 1. The maximum atomic E-state index is 12.4. The van der Waals surface area contributed by atoms with Gasteiger partial charge in [0, 0.05) is 11.4 Å². The van der Waals surface area contributed by atoms with E-state index < -0.39 is 11.5 Å². The first-order chi connectivity index (χ1) is 11.2. The highest BCUT2D eigenvalue weighted by Gasteiger charge is 2.17. The topological polar surface area (TPSA) is 60.7 Å². The van der Waals surface area contributed by atoms with Crippen LogP contribution < -0.4 is 5.56 Å². The summed E-state index contributed by atoms with van der Waals surface area (Å²) in [4.78, 5) is 28.6. The molecule has 2 heterocycles. The van der Waals surface area contributed by atoms with Crippen LogP contribution in [0, 0.1) is 0 Å². The van der Waals surface area contributed by atoms with Crippen LogP contribution in [0.3, 0.4) is 0 Å². The fraction of sp³-hybridized carbons (Fsp3) is 0.235. The summed E-state index contributed by atoms with van der Waals surface area (Å²) in [5, 5.41) is 1.89. The van der Waals surface area contributed by atoms with Crippen molar-refractivity contribution < 1.29 is 9.53 Å². The van der Waals surface area contributed by atoms with Gasteiger partial charge in [-0.05, 0) is 12.0 Å². The lowest BCUT2D eigenvalue weighted by Crippen LogP contribution is -2.17. The molecule has 0 aliphatic heterocycles. The number of hydrogen-bond acceptors (Lipinski definition) is 5. The molecule has 0 N–H and O–H groups in total. The van der Waals surface area contributed by atoms with Crippen LogP contribution in [0.25, 0.3) is 16.2 Å². The molecule has 0 spiro atoms. The van der Waals surface area contributed by atoms with Gasteiger partial charge in [0.05, 0.1) is 12.3 Å². The molecule has 3 aromatic rings. The zero-order chi connectivity index (χ0) is 16.2. The van der Waals surface area contributed by atoms with Crippen molar-refractivity contribution >= 4 is 22.3 Å². The van der Waals surface area contributed by atoms with E-state index in [9.17, 15) is 9.59 Å². The van der Waals surface area contributed by atoms with Gasteiger partial charge in [0.1, 0.15) is 5.69 Å². The number of hydrogen-bond donors (Lipinski definition) is 0. The molecule has 0 amide bonds. The van der Waals surface area contributed by atoms with Gasteiger partial charge in [0.2, 0.25) is 0 Å². The summed E-state index contributed by atoms with van der Waals surface area (Å²) in [6.45, 7) is 2.37. The van der Waals surface area contributed by atoms with Gasteiger partial charge in [-0.3, -0.25) is 9.20 Å². The van der Waals surface area contributed by atoms with Crippen LogP contribution in [0.4, 0.5) is 0 Å². The third-order valence-electron chi connectivity index (χ3n) is 3.42. The van der Waals surface area contributed by atoms with Crippen molar-refractivity contribution in [3.63, 3.8) is 0 Å². The van der Waals surface area contributed by atoms with Gasteiger partial charge < -0.3 is 4.74 Å². The van der Waals surface area contributed by atoms with Crippen LogP contribution in [0.15, 0.2) is 46.6 Å². The molecule has 0 aliphatic carbocycles. The third-order valence-corrected chi connectivity index (χ3v) is 4.25. The molecule has 0 aliphatic rings. The Morgan fingerprint density at radius 1 is 1.30 bits per heavy atom. The molecule has 0 fully saturated rings. The second-order valence-electron chi connectivity index (χ2n) is 5.07. The van der Waals surface area contributed by atoms with Crippen molar-refractivity contribution in [3.05, 3.63) is 57.8 Å². The number of rotatable bonds is 5. The van der Waals surface area contributed by atoms with Gasteiger partial charge in [0.25, 0.3) is 5.56 Å². The molecule has 3 rings (SSSR count). The van der Waals surface area contributed by atoms with Gasteiger partial charge in [0.15, 0.2) is 4.96 Å². The zero-order valence-corrected chi connectivity index (χ0v) is 13.5. The van der Waals surface area contributed by atoms with Crippen LogP contribution in [0.1, 0.15) is 30.3 Å². The Balaban J connectivity index is 2.11. The van der Waals surface area contributed by atoms with Gasteiger partial charge in [-0.2, -0.15) is 4.98 Å². The third kappa shape index (κ3) is 3.17. The monoisotopic (exact) mass is 328 g/mol. The fourth-order valence-electron chi connectivity index (χ4n) is 2.27. The summed E-state index contributed by atoms with van der Waals surface area (Å²) < 4.78 is 6.96. The minimum Gasteiger partial charge on any atom is -0.461 e. The second-order valence-corrected chi connectivity index (χ2v) is 5.91. The zero-order valence-electron chi connectivity index (χ0n) is 12.7. The van der Waals surface area contributed by atoms with Crippen molar-refractivity contribution in [3.8, 4) is 11.3 Å². The SMILES string of the molecule is CCCCOC(=O)c1cc(=O)nc2scc(-c3ccccc3)n12. The molecule has 0 radical (unpaired) electrons. The first-order valence-corrected chi connectivity index (χ1v) is 8.32. The average molecular weight is 328 g/mol. The number of fused-ring (bicyclic) bond motifs is 1. The summed E-state index contributed by atoms with van der Waals surface area (Å²) in [5.41, 5.74) is 1.55. The van der Waals surface area contributed by atoms with E-state index in [-0.39, 0.29) is 5.69 Å². The van der Waals surface area contributed by atoms with Gasteiger partial charge in [-0.15, -0.1) is 11.3 Å². The number of benzene rings is 1. The molecule has 0 saturated carbocycles. The molecule has 23 heavy (non-hydrogen) atoms. The van der Waals surface area contributed by atoms with E-state index in [1.807, 2.05) is 42.6 Å². The Hall–Kier alpha value is -2.47. The molecule has 0 bridgehead atoms. The number of esters is 1. The van der Waals surface area contributed by atoms with E-state index in [4.69, 9.17) is 4.74 Å². The van der Waals surface area contributed by atoms with E-state index in [1.54, 1.807) is 4.40 Å². The molecule has 118 valence electrons. The Morgan fingerprint density at radius 2 is 2.09 bits per heavy atom. The van der Waals surface area contributed by atoms with Crippen molar-refractivity contribution in [1.82, 2.24) is 9.38 Å². The largest absolute Gasteiger partial charge is 0.461 e. The number of nitrogens with zero attached hydrogens (tertiary/aromatic N) is 2. The molecule has 5 nitrogen and oxygen atoms in total. The maximum Gasteiger partial charge on any atom is 0.355 e. The predicted octanol–water partition coefficient (Wildman–Crippen LogP) is 3.38. The fourth-order valence-corrected chi connectivity index (χ4v) is 3.18. The van der Waals surface area contributed by atoms with E-state index in [2.05, 4.69) is 4.98 Å². The van der Waals surface area contributed by atoms with E-state index in [0.29, 0.717) is 11.6 Å². The van der Waals surface area contributed by atoms with Gasteiger partial charge in [-0.25, -0.2) is 4.79 Å². The van der Waals surface area contributed by atoms with Crippen LogP contribution in [0.2, 0.25) is 0 Å². The Morgan fingerprint density at radius 3 is 2.83 bits per heavy atom. The lowest BCUT2D eigenvalue weighted by Gasteiger charge is -2.08. The highest BCUT2D eigenvalue weighted by molar-refractivity contribution is 7.15. The number of thiazole rings is 1. The number of carbonyl (C=O) groups excluding carboxylic acids is 1. The highest BCUT2D eigenvalue weighted by atomic mass is 32.1. The van der Waals surface area contributed by atoms with Crippen molar-refractivity contribution in [1.29, 1.82) is 0 Å².